The van der Waals surface area contributed by atoms with Gasteiger partial charge in [-0.3, -0.25) is 0 Å². The minimum atomic E-state index is -0.106. The van der Waals surface area contributed by atoms with Gasteiger partial charge in [-0.2, -0.15) is 0 Å². The lowest BCUT2D eigenvalue weighted by Gasteiger charge is -2.27. The van der Waals surface area contributed by atoms with Crippen molar-refractivity contribution in [1.29, 1.82) is 0 Å². The first-order chi connectivity index (χ1) is 8.54. The Bertz CT molecular complexity index is 409. The molecule has 0 aromatic heterocycles. The van der Waals surface area contributed by atoms with E-state index in [0.717, 1.165) is 29.7 Å². The van der Waals surface area contributed by atoms with Crippen LogP contribution in [0.25, 0.3) is 0 Å². The van der Waals surface area contributed by atoms with Crippen molar-refractivity contribution in [3.63, 3.8) is 0 Å². The van der Waals surface area contributed by atoms with Gasteiger partial charge in [0.25, 0.3) is 0 Å². The van der Waals surface area contributed by atoms with Gasteiger partial charge < -0.3 is 10.1 Å². The Morgan fingerprint density at radius 1 is 1.39 bits per heavy atom. The van der Waals surface area contributed by atoms with Crippen LogP contribution in [-0.4, -0.2) is 19.8 Å². The Balaban J connectivity index is 2.38. The smallest absolute Gasteiger partial charge is 0.128 e. The van der Waals surface area contributed by atoms with Crippen LogP contribution in [0.4, 0.5) is 4.39 Å². The molecule has 2 rings (SSSR count). The highest BCUT2D eigenvalue weighted by Gasteiger charge is 2.34. The Labute approximate surface area is 109 Å². The van der Waals surface area contributed by atoms with Crippen LogP contribution in [-0.2, 0) is 4.74 Å². The van der Waals surface area contributed by atoms with Gasteiger partial charge >= 0.3 is 0 Å². The topological polar surface area (TPSA) is 21.3 Å². The second-order valence-corrected chi connectivity index (χ2v) is 5.27. The summed E-state index contributed by atoms with van der Waals surface area (Å²) in [7, 11) is 1.90. The molecule has 1 aliphatic heterocycles. The zero-order valence-electron chi connectivity index (χ0n) is 11.6. The first kappa shape index (κ1) is 13.5. The molecule has 0 aliphatic carbocycles. The third-order valence-electron chi connectivity index (χ3n) is 3.97. The quantitative estimate of drug-likeness (QED) is 0.891. The zero-order valence-corrected chi connectivity index (χ0v) is 11.6. The number of rotatable bonds is 3. The van der Waals surface area contributed by atoms with E-state index in [1.807, 2.05) is 27.0 Å². The van der Waals surface area contributed by atoms with Gasteiger partial charge in [0.2, 0.25) is 0 Å². The van der Waals surface area contributed by atoms with Crippen LogP contribution in [0.3, 0.4) is 0 Å². The summed E-state index contributed by atoms with van der Waals surface area (Å²) >= 11 is 0. The van der Waals surface area contributed by atoms with Crippen molar-refractivity contribution in [2.75, 3.05) is 13.7 Å². The maximum Gasteiger partial charge on any atom is 0.128 e. The van der Waals surface area contributed by atoms with Crippen LogP contribution in [0.1, 0.15) is 36.1 Å². The molecule has 1 N–H and O–H groups in total. The minimum Gasteiger partial charge on any atom is -0.378 e. The normalized spacial score (nSPS) is 25.4. The molecule has 1 aromatic carbocycles. The molecule has 3 unspecified atom stereocenters. The molecule has 0 amide bonds. The molecule has 18 heavy (non-hydrogen) atoms. The fourth-order valence-corrected chi connectivity index (χ4v) is 3.08. The maximum absolute atomic E-state index is 14.2. The average molecular weight is 251 g/mol. The van der Waals surface area contributed by atoms with Gasteiger partial charge in [0.1, 0.15) is 5.82 Å². The van der Waals surface area contributed by atoms with E-state index in [4.69, 9.17) is 4.74 Å². The molecule has 0 radical (unpaired) electrons. The molecule has 0 spiro atoms. The molecule has 0 bridgehead atoms. The molecule has 1 aliphatic rings. The largest absolute Gasteiger partial charge is 0.378 e. The number of aryl methyl sites for hydroxylation is 2. The minimum absolute atomic E-state index is 0.0306. The lowest BCUT2D eigenvalue weighted by molar-refractivity contribution is 0.0958. The van der Waals surface area contributed by atoms with E-state index in [-0.39, 0.29) is 18.0 Å². The van der Waals surface area contributed by atoms with Crippen LogP contribution in [0.5, 0.6) is 0 Å². The van der Waals surface area contributed by atoms with Crippen LogP contribution >= 0.6 is 0 Å². The predicted molar refractivity (Wildman–Crippen MR) is 71.2 cm³/mol. The lowest BCUT2D eigenvalue weighted by atomic mass is 9.85. The van der Waals surface area contributed by atoms with Crippen molar-refractivity contribution >= 4 is 0 Å². The SMILES string of the molecule is CNC(c1c(C)cc(C)cc1F)C1CCOC1C. The molecule has 1 fully saturated rings. The summed E-state index contributed by atoms with van der Waals surface area (Å²) in [5.41, 5.74) is 2.79. The lowest BCUT2D eigenvalue weighted by Crippen LogP contribution is -2.31. The van der Waals surface area contributed by atoms with Gasteiger partial charge in [0.05, 0.1) is 6.10 Å². The van der Waals surface area contributed by atoms with E-state index in [9.17, 15) is 4.39 Å². The van der Waals surface area contributed by atoms with Gasteiger partial charge in [-0.15, -0.1) is 0 Å². The average Bonchev–Trinajstić information content (AvgIpc) is 2.69. The highest BCUT2D eigenvalue weighted by molar-refractivity contribution is 5.35. The van der Waals surface area contributed by atoms with Crippen molar-refractivity contribution in [3.05, 3.63) is 34.6 Å². The van der Waals surface area contributed by atoms with Crippen LogP contribution in [0.15, 0.2) is 12.1 Å². The summed E-state index contributed by atoms with van der Waals surface area (Å²) in [6.07, 6.45) is 1.17. The molecular formula is C15H22FNO. The van der Waals surface area contributed by atoms with Gasteiger partial charge in [-0.05, 0) is 51.4 Å². The van der Waals surface area contributed by atoms with Crippen molar-refractivity contribution in [3.8, 4) is 0 Å². The maximum atomic E-state index is 14.2. The second-order valence-electron chi connectivity index (χ2n) is 5.27. The molecule has 1 aromatic rings. The number of ether oxygens (including phenoxy) is 1. The Morgan fingerprint density at radius 2 is 2.11 bits per heavy atom. The monoisotopic (exact) mass is 251 g/mol. The first-order valence-corrected chi connectivity index (χ1v) is 6.60. The summed E-state index contributed by atoms with van der Waals surface area (Å²) in [4.78, 5) is 0. The number of hydrogen-bond donors (Lipinski definition) is 1. The fourth-order valence-electron chi connectivity index (χ4n) is 3.08. The van der Waals surface area contributed by atoms with Crippen LogP contribution in [0.2, 0.25) is 0 Å². The van der Waals surface area contributed by atoms with E-state index in [2.05, 4.69) is 12.2 Å². The van der Waals surface area contributed by atoms with Crippen molar-refractivity contribution in [2.24, 2.45) is 5.92 Å². The Morgan fingerprint density at radius 3 is 2.61 bits per heavy atom. The molecule has 3 atom stereocenters. The molecule has 1 heterocycles. The summed E-state index contributed by atoms with van der Waals surface area (Å²) in [6.45, 7) is 6.76. The molecule has 3 heteroatoms. The molecule has 2 nitrogen and oxygen atoms in total. The van der Waals surface area contributed by atoms with Gasteiger partial charge in [0, 0.05) is 24.1 Å². The van der Waals surface area contributed by atoms with Crippen molar-refractivity contribution in [2.45, 2.75) is 39.3 Å². The summed E-state index contributed by atoms with van der Waals surface area (Å²) in [5.74, 6) is 0.233. The molecule has 100 valence electrons. The van der Waals surface area contributed by atoms with E-state index in [1.165, 1.54) is 0 Å². The number of halogens is 1. The van der Waals surface area contributed by atoms with Crippen molar-refractivity contribution in [1.82, 2.24) is 5.32 Å². The van der Waals surface area contributed by atoms with E-state index >= 15 is 0 Å². The van der Waals surface area contributed by atoms with E-state index in [0.29, 0.717) is 5.92 Å². The first-order valence-electron chi connectivity index (χ1n) is 6.60. The number of hydrogen-bond acceptors (Lipinski definition) is 2. The summed E-state index contributed by atoms with van der Waals surface area (Å²) < 4.78 is 19.9. The molecular weight excluding hydrogens is 229 g/mol. The van der Waals surface area contributed by atoms with E-state index in [1.54, 1.807) is 6.07 Å². The van der Waals surface area contributed by atoms with Gasteiger partial charge in [0.15, 0.2) is 0 Å². The third kappa shape index (κ3) is 2.43. The summed E-state index contributed by atoms with van der Waals surface area (Å²) in [6, 6.07) is 3.69. The Kier molecular flexibility index (Phi) is 4.03. The Hall–Kier alpha value is -0.930. The zero-order chi connectivity index (χ0) is 13.3. The third-order valence-corrected chi connectivity index (χ3v) is 3.97. The van der Waals surface area contributed by atoms with Crippen molar-refractivity contribution < 1.29 is 9.13 Å². The molecule has 0 saturated carbocycles. The summed E-state index contributed by atoms with van der Waals surface area (Å²) in [5, 5.41) is 3.27. The second kappa shape index (κ2) is 5.37. The fraction of sp³-hybridized carbons (Fsp3) is 0.600. The highest BCUT2D eigenvalue weighted by atomic mass is 19.1. The highest BCUT2D eigenvalue weighted by Crippen LogP contribution is 2.35. The number of benzene rings is 1. The van der Waals surface area contributed by atoms with E-state index < -0.39 is 0 Å². The van der Waals surface area contributed by atoms with Gasteiger partial charge in [-0.25, -0.2) is 4.39 Å². The van der Waals surface area contributed by atoms with Crippen LogP contribution in [0, 0.1) is 25.6 Å². The molecule has 1 saturated heterocycles. The number of nitrogens with one attached hydrogen (secondary N) is 1. The standard InChI is InChI=1S/C15H22FNO/c1-9-7-10(2)14(13(16)8-9)15(17-4)12-5-6-18-11(12)3/h7-8,11-12,15,17H,5-6H2,1-4H3. The van der Waals surface area contributed by atoms with Gasteiger partial charge in [-0.1, -0.05) is 6.07 Å². The van der Waals surface area contributed by atoms with Crippen LogP contribution < -0.4 is 5.32 Å². The predicted octanol–water partition coefficient (Wildman–Crippen LogP) is 3.13.